The van der Waals surface area contributed by atoms with Crippen molar-refractivity contribution in [3.05, 3.63) is 52.5 Å². The number of halogens is 4. The summed E-state index contributed by atoms with van der Waals surface area (Å²) >= 11 is 5.88. The first-order valence-electron chi connectivity index (χ1n) is 8.44. The Morgan fingerprint density at radius 2 is 1.83 bits per heavy atom. The molecule has 11 heteroatoms. The molecule has 0 aliphatic carbocycles. The highest BCUT2D eigenvalue weighted by Crippen LogP contribution is 2.34. The molecule has 2 N–H and O–H groups in total. The zero-order valence-corrected chi connectivity index (χ0v) is 17.0. The topological polar surface area (TPSA) is 84.5 Å². The number of carbonyl (C=O) groups is 1. The second kappa shape index (κ2) is 9.02. The van der Waals surface area contributed by atoms with Gasteiger partial charge in [-0.2, -0.15) is 13.2 Å². The molecule has 2 aromatic carbocycles. The average Bonchev–Trinajstić information content (AvgIpc) is 2.63. The van der Waals surface area contributed by atoms with Gasteiger partial charge < -0.3 is 10.1 Å². The summed E-state index contributed by atoms with van der Waals surface area (Å²) in [6.07, 6.45) is -4.61. The van der Waals surface area contributed by atoms with E-state index in [9.17, 15) is 26.4 Å². The van der Waals surface area contributed by atoms with Gasteiger partial charge >= 0.3 is 6.18 Å². The van der Waals surface area contributed by atoms with Gasteiger partial charge in [-0.05, 0) is 43.3 Å². The van der Waals surface area contributed by atoms with Gasteiger partial charge in [0, 0.05) is 12.1 Å². The maximum Gasteiger partial charge on any atom is 0.416 e. The van der Waals surface area contributed by atoms with E-state index < -0.39 is 27.7 Å². The monoisotopic (exact) mass is 450 g/mol. The average molecular weight is 451 g/mol. The lowest BCUT2D eigenvalue weighted by atomic mass is 10.1. The fraction of sp³-hybridized carbons (Fsp3) is 0.278. The smallest absolute Gasteiger partial charge is 0.416 e. The Bertz CT molecular complexity index is 1010. The molecule has 0 aromatic heterocycles. The molecule has 158 valence electrons. The predicted molar refractivity (Wildman–Crippen MR) is 103 cm³/mol. The molecule has 0 saturated heterocycles. The minimum Gasteiger partial charge on any atom is -0.492 e. The highest BCUT2D eigenvalue weighted by molar-refractivity contribution is 7.89. The Morgan fingerprint density at radius 3 is 2.41 bits per heavy atom. The van der Waals surface area contributed by atoms with E-state index in [0.29, 0.717) is 6.07 Å². The highest BCUT2D eigenvalue weighted by Gasteiger charge is 2.31. The lowest BCUT2D eigenvalue weighted by Gasteiger charge is -2.14. The molecule has 6 nitrogen and oxygen atoms in total. The Kier molecular flexibility index (Phi) is 7.15. The van der Waals surface area contributed by atoms with Crippen molar-refractivity contribution >= 4 is 33.2 Å². The first-order chi connectivity index (χ1) is 13.5. The van der Waals surface area contributed by atoms with Crippen LogP contribution >= 0.6 is 11.6 Å². The van der Waals surface area contributed by atoms with Gasteiger partial charge in [-0.15, -0.1) is 0 Å². The summed E-state index contributed by atoms with van der Waals surface area (Å²) < 4.78 is 71.1. The second-order valence-electron chi connectivity index (χ2n) is 5.74. The van der Waals surface area contributed by atoms with E-state index in [4.69, 9.17) is 16.3 Å². The molecule has 0 atom stereocenters. The van der Waals surface area contributed by atoms with Gasteiger partial charge in [0.25, 0.3) is 5.91 Å². The van der Waals surface area contributed by atoms with Crippen molar-refractivity contribution in [3.63, 3.8) is 0 Å². The van der Waals surface area contributed by atoms with Gasteiger partial charge in [0.05, 0.1) is 22.9 Å². The van der Waals surface area contributed by atoms with Crippen LogP contribution in [0.15, 0.2) is 41.3 Å². The number of ether oxygens (including phenoxy) is 1. The number of carbonyl (C=O) groups excluding carboxylic acids is 1. The van der Waals surface area contributed by atoms with Crippen molar-refractivity contribution < 1.29 is 31.1 Å². The number of amides is 1. The van der Waals surface area contributed by atoms with Crippen molar-refractivity contribution in [1.82, 2.24) is 4.72 Å². The number of sulfonamides is 1. The maximum atomic E-state index is 12.9. The first-order valence-corrected chi connectivity index (χ1v) is 10.3. The van der Waals surface area contributed by atoms with E-state index in [1.54, 1.807) is 13.8 Å². The van der Waals surface area contributed by atoms with Crippen LogP contribution in [0.1, 0.15) is 29.8 Å². The number of hydrogen-bond acceptors (Lipinski definition) is 4. The van der Waals surface area contributed by atoms with Crippen LogP contribution < -0.4 is 14.8 Å². The third kappa shape index (κ3) is 5.62. The fourth-order valence-corrected chi connectivity index (χ4v) is 3.77. The fourth-order valence-electron chi connectivity index (χ4n) is 2.39. The van der Waals surface area contributed by atoms with Crippen molar-refractivity contribution in [2.75, 3.05) is 18.5 Å². The van der Waals surface area contributed by atoms with E-state index in [0.717, 1.165) is 18.2 Å². The van der Waals surface area contributed by atoms with Crippen LogP contribution in [0.4, 0.5) is 18.9 Å². The Hall–Kier alpha value is -2.30. The van der Waals surface area contributed by atoms with Crippen molar-refractivity contribution in [2.24, 2.45) is 0 Å². The summed E-state index contributed by atoms with van der Waals surface area (Å²) in [5.41, 5.74) is -1.34. The minimum atomic E-state index is -4.61. The van der Waals surface area contributed by atoms with E-state index >= 15 is 0 Å². The molecule has 0 unspecified atom stereocenters. The van der Waals surface area contributed by atoms with Crippen LogP contribution in [-0.4, -0.2) is 27.5 Å². The van der Waals surface area contributed by atoms with Gasteiger partial charge in [0.1, 0.15) is 10.6 Å². The van der Waals surface area contributed by atoms with Crippen molar-refractivity contribution in [2.45, 2.75) is 24.9 Å². The second-order valence-corrected chi connectivity index (χ2v) is 7.88. The molecule has 29 heavy (non-hydrogen) atoms. The van der Waals surface area contributed by atoms with Gasteiger partial charge in [0.2, 0.25) is 10.0 Å². The molecule has 2 rings (SSSR count). The third-order valence-electron chi connectivity index (χ3n) is 3.67. The predicted octanol–water partition coefficient (Wildman–Crippen LogP) is 4.31. The number of hydrogen-bond donors (Lipinski definition) is 2. The molecule has 0 heterocycles. The SMILES string of the molecule is CCNS(=O)(=O)c1cc(C(=O)Nc2cc(C(F)(F)F)ccc2Cl)ccc1OCC. The highest BCUT2D eigenvalue weighted by atomic mass is 35.5. The lowest BCUT2D eigenvalue weighted by molar-refractivity contribution is -0.137. The summed E-state index contributed by atoms with van der Waals surface area (Å²) in [6, 6.07) is 6.18. The summed E-state index contributed by atoms with van der Waals surface area (Å²) in [4.78, 5) is 12.3. The lowest BCUT2D eigenvalue weighted by Crippen LogP contribution is -2.24. The first kappa shape index (κ1) is 23.0. The van der Waals surface area contributed by atoms with E-state index in [-0.39, 0.29) is 40.1 Å². The maximum absolute atomic E-state index is 12.9. The quantitative estimate of drug-likeness (QED) is 0.658. The number of rotatable bonds is 7. The zero-order chi connectivity index (χ0) is 21.8. The summed E-state index contributed by atoms with van der Waals surface area (Å²) in [7, 11) is -3.96. The number of anilines is 1. The molecule has 0 spiro atoms. The van der Waals surface area contributed by atoms with E-state index in [1.807, 2.05) is 0 Å². The van der Waals surface area contributed by atoms with Gasteiger partial charge in [0.15, 0.2) is 0 Å². The molecule has 0 fully saturated rings. The van der Waals surface area contributed by atoms with Crippen LogP contribution in [0.25, 0.3) is 0 Å². The molecule has 0 saturated carbocycles. The molecule has 1 amide bonds. The summed E-state index contributed by atoms with van der Waals surface area (Å²) in [5.74, 6) is -0.788. The zero-order valence-electron chi connectivity index (χ0n) is 15.4. The summed E-state index contributed by atoms with van der Waals surface area (Å²) in [5, 5.41) is 2.17. The normalized spacial score (nSPS) is 11.9. The molecular weight excluding hydrogens is 433 g/mol. The summed E-state index contributed by atoms with van der Waals surface area (Å²) in [6.45, 7) is 3.56. The Labute approximate surface area is 171 Å². The third-order valence-corrected chi connectivity index (χ3v) is 5.57. The van der Waals surface area contributed by atoms with Gasteiger partial charge in [-0.25, -0.2) is 13.1 Å². The van der Waals surface area contributed by atoms with Crippen LogP contribution in [0.5, 0.6) is 5.75 Å². The van der Waals surface area contributed by atoms with Crippen LogP contribution in [0.3, 0.4) is 0 Å². The number of alkyl halides is 3. The number of benzene rings is 2. The molecule has 2 aromatic rings. The van der Waals surface area contributed by atoms with Gasteiger partial charge in [-0.3, -0.25) is 4.79 Å². The standard InChI is InChI=1S/C18H18ClF3N2O4S/c1-3-23-29(26,27)16-9-11(5-8-15(16)28-4-2)17(25)24-14-10-12(18(20,21)22)6-7-13(14)19/h5-10,23H,3-4H2,1-2H3,(H,24,25). The van der Waals surface area contributed by atoms with Crippen LogP contribution in [0.2, 0.25) is 5.02 Å². The molecule has 0 aliphatic heterocycles. The Morgan fingerprint density at radius 1 is 1.14 bits per heavy atom. The minimum absolute atomic E-state index is 0.0436. The molecular formula is C18H18ClF3N2O4S. The van der Waals surface area contributed by atoms with E-state index in [2.05, 4.69) is 10.0 Å². The van der Waals surface area contributed by atoms with E-state index in [1.165, 1.54) is 12.1 Å². The molecule has 0 bridgehead atoms. The Balaban J connectivity index is 2.42. The molecule has 0 radical (unpaired) electrons. The number of nitrogens with one attached hydrogen (secondary N) is 2. The van der Waals surface area contributed by atoms with Crippen LogP contribution in [0, 0.1) is 0 Å². The van der Waals surface area contributed by atoms with Crippen molar-refractivity contribution in [3.8, 4) is 5.75 Å². The largest absolute Gasteiger partial charge is 0.492 e. The molecule has 0 aliphatic rings. The van der Waals surface area contributed by atoms with Crippen LogP contribution in [-0.2, 0) is 16.2 Å². The van der Waals surface area contributed by atoms with Crippen molar-refractivity contribution in [1.29, 1.82) is 0 Å². The van der Waals surface area contributed by atoms with Gasteiger partial charge in [-0.1, -0.05) is 18.5 Å².